The summed E-state index contributed by atoms with van der Waals surface area (Å²) in [6.45, 7) is 2.26. The number of amides is 1. The molecule has 5 heteroatoms. The van der Waals surface area contributed by atoms with E-state index in [0.29, 0.717) is 17.9 Å². The fourth-order valence-electron chi connectivity index (χ4n) is 1.38. The SMILES string of the molecule is COC[C@@H](C)NC(=O)COc1ccc(C#N)cc1. The maximum atomic E-state index is 11.5. The van der Waals surface area contributed by atoms with Gasteiger partial charge in [0.2, 0.25) is 0 Å². The highest BCUT2D eigenvalue weighted by Gasteiger charge is 2.07. The lowest BCUT2D eigenvalue weighted by Gasteiger charge is -2.13. The lowest BCUT2D eigenvalue weighted by atomic mass is 10.2. The third-order valence-corrected chi connectivity index (χ3v) is 2.18. The monoisotopic (exact) mass is 248 g/mol. The van der Waals surface area contributed by atoms with Gasteiger partial charge in [-0.1, -0.05) is 0 Å². The summed E-state index contributed by atoms with van der Waals surface area (Å²) in [4.78, 5) is 11.5. The molecule has 1 aromatic rings. The Labute approximate surface area is 106 Å². The van der Waals surface area contributed by atoms with E-state index >= 15 is 0 Å². The Morgan fingerprint density at radius 2 is 2.11 bits per heavy atom. The Kier molecular flexibility index (Phi) is 5.68. The highest BCUT2D eigenvalue weighted by molar-refractivity contribution is 5.77. The second kappa shape index (κ2) is 7.30. The Bertz CT molecular complexity index is 423. The molecule has 1 aromatic carbocycles. The minimum absolute atomic E-state index is 0.0490. The van der Waals surface area contributed by atoms with Gasteiger partial charge in [-0.25, -0.2) is 0 Å². The van der Waals surface area contributed by atoms with Crippen LogP contribution in [0.4, 0.5) is 0 Å². The molecule has 0 saturated heterocycles. The quantitative estimate of drug-likeness (QED) is 0.818. The van der Waals surface area contributed by atoms with Gasteiger partial charge in [0.05, 0.1) is 18.2 Å². The number of methoxy groups -OCH3 is 1. The molecule has 18 heavy (non-hydrogen) atoms. The molecule has 5 nitrogen and oxygen atoms in total. The van der Waals surface area contributed by atoms with Gasteiger partial charge >= 0.3 is 0 Å². The molecular weight excluding hydrogens is 232 g/mol. The second-order valence-corrected chi connectivity index (χ2v) is 3.85. The smallest absolute Gasteiger partial charge is 0.258 e. The number of carbonyl (C=O) groups excluding carboxylic acids is 1. The fraction of sp³-hybridized carbons (Fsp3) is 0.385. The second-order valence-electron chi connectivity index (χ2n) is 3.85. The zero-order chi connectivity index (χ0) is 13.4. The molecule has 0 aliphatic rings. The highest BCUT2D eigenvalue weighted by Crippen LogP contribution is 2.11. The summed E-state index contributed by atoms with van der Waals surface area (Å²) in [7, 11) is 1.58. The van der Waals surface area contributed by atoms with E-state index in [0.717, 1.165) is 0 Å². The van der Waals surface area contributed by atoms with Crippen LogP contribution in [0, 0.1) is 11.3 Å². The van der Waals surface area contributed by atoms with Gasteiger partial charge in [-0.3, -0.25) is 4.79 Å². The summed E-state index contributed by atoms with van der Waals surface area (Å²) in [6.07, 6.45) is 0. The molecule has 0 aromatic heterocycles. The maximum absolute atomic E-state index is 11.5. The van der Waals surface area contributed by atoms with Gasteiger partial charge < -0.3 is 14.8 Å². The number of nitrogens with one attached hydrogen (secondary N) is 1. The van der Waals surface area contributed by atoms with Crippen molar-refractivity contribution in [3.8, 4) is 11.8 Å². The zero-order valence-corrected chi connectivity index (χ0v) is 10.5. The van der Waals surface area contributed by atoms with Crippen LogP contribution >= 0.6 is 0 Å². The lowest BCUT2D eigenvalue weighted by Crippen LogP contribution is -2.38. The molecule has 96 valence electrons. The van der Waals surface area contributed by atoms with Gasteiger partial charge in [0.15, 0.2) is 6.61 Å². The van der Waals surface area contributed by atoms with Crippen molar-refractivity contribution < 1.29 is 14.3 Å². The molecule has 1 atom stereocenters. The summed E-state index contributed by atoms with van der Waals surface area (Å²) in [5.41, 5.74) is 0.556. The summed E-state index contributed by atoms with van der Waals surface area (Å²) in [6, 6.07) is 8.56. The lowest BCUT2D eigenvalue weighted by molar-refractivity contribution is -0.124. The molecule has 0 radical (unpaired) electrons. The highest BCUT2D eigenvalue weighted by atomic mass is 16.5. The number of rotatable bonds is 6. The minimum Gasteiger partial charge on any atom is -0.484 e. The first-order valence-corrected chi connectivity index (χ1v) is 5.57. The number of nitriles is 1. The van der Waals surface area contributed by atoms with E-state index < -0.39 is 0 Å². The van der Waals surface area contributed by atoms with Crippen LogP contribution in [-0.2, 0) is 9.53 Å². The average Bonchev–Trinajstić information content (AvgIpc) is 2.37. The number of benzene rings is 1. The van der Waals surface area contributed by atoms with Crippen molar-refractivity contribution >= 4 is 5.91 Å². The van der Waals surface area contributed by atoms with Gasteiger partial charge in [0, 0.05) is 13.2 Å². The third-order valence-electron chi connectivity index (χ3n) is 2.18. The topological polar surface area (TPSA) is 71.3 Å². The van der Waals surface area contributed by atoms with Gasteiger partial charge in [0.1, 0.15) is 5.75 Å². The van der Waals surface area contributed by atoms with Gasteiger partial charge in [-0.2, -0.15) is 5.26 Å². The van der Waals surface area contributed by atoms with E-state index in [1.807, 2.05) is 13.0 Å². The maximum Gasteiger partial charge on any atom is 0.258 e. The molecular formula is C13H16N2O3. The summed E-state index contributed by atoms with van der Waals surface area (Å²) < 4.78 is 10.2. The molecule has 0 bridgehead atoms. The van der Waals surface area contributed by atoms with E-state index in [4.69, 9.17) is 14.7 Å². The number of ether oxygens (including phenoxy) is 2. The molecule has 1 rings (SSSR count). The van der Waals surface area contributed by atoms with Crippen LogP contribution in [0.15, 0.2) is 24.3 Å². The summed E-state index contributed by atoms with van der Waals surface area (Å²) in [5.74, 6) is 0.354. The molecule has 0 unspecified atom stereocenters. The molecule has 0 saturated carbocycles. The minimum atomic E-state index is -0.205. The summed E-state index contributed by atoms with van der Waals surface area (Å²) >= 11 is 0. The van der Waals surface area contributed by atoms with Gasteiger partial charge in [0.25, 0.3) is 5.91 Å². The summed E-state index contributed by atoms with van der Waals surface area (Å²) in [5, 5.41) is 11.4. The van der Waals surface area contributed by atoms with Crippen molar-refractivity contribution in [2.75, 3.05) is 20.3 Å². The standard InChI is InChI=1S/C13H16N2O3/c1-10(8-17-2)15-13(16)9-18-12-5-3-11(7-14)4-6-12/h3-6,10H,8-9H2,1-2H3,(H,15,16)/t10-/m1/s1. The van der Waals surface area contributed by atoms with Crippen LogP contribution in [0.1, 0.15) is 12.5 Å². The zero-order valence-electron chi connectivity index (χ0n) is 10.5. The van der Waals surface area contributed by atoms with Crippen molar-refractivity contribution in [1.82, 2.24) is 5.32 Å². The van der Waals surface area contributed by atoms with E-state index in [1.165, 1.54) is 0 Å². The Hall–Kier alpha value is -2.06. The predicted octanol–water partition coefficient (Wildman–Crippen LogP) is 1.09. The molecule has 0 aliphatic carbocycles. The normalized spacial score (nSPS) is 11.4. The van der Waals surface area contributed by atoms with Crippen LogP contribution in [0.2, 0.25) is 0 Å². The molecule has 0 fully saturated rings. The van der Waals surface area contributed by atoms with Crippen molar-refractivity contribution in [2.24, 2.45) is 0 Å². The Morgan fingerprint density at radius 1 is 1.44 bits per heavy atom. The Morgan fingerprint density at radius 3 is 2.67 bits per heavy atom. The first-order valence-electron chi connectivity index (χ1n) is 5.57. The van der Waals surface area contributed by atoms with Crippen molar-refractivity contribution in [1.29, 1.82) is 5.26 Å². The van der Waals surface area contributed by atoms with Crippen molar-refractivity contribution in [2.45, 2.75) is 13.0 Å². The molecule has 0 heterocycles. The van der Waals surface area contributed by atoms with Crippen LogP contribution < -0.4 is 10.1 Å². The number of hydrogen-bond donors (Lipinski definition) is 1. The predicted molar refractivity (Wildman–Crippen MR) is 66.1 cm³/mol. The molecule has 0 aliphatic heterocycles. The van der Waals surface area contributed by atoms with E-state index in [9.17, 15) is 4.79 Å². The van der Waals surface area contributed by atoms with E-state index in [1.54, 1.807) is 31.4 Å². The van der Waals surface area contributed by atoms with E-state index in [2.05, 4.69) is 5.32 Å². The van der Waals surface area contributed by atoms with Crippen molar-refractivity contribution in [3.63, 3.8) is 0 Å². The van der Waals surface area contributed by atoms with E-state index in [-0.39, 0.29) is 18.6 Å². The first kappa shape index (κ1) is 14.0. The average molecular weight is 248 g/mol. The van der Waals surface area contributed by atoms with Gasteiger partial charge in [-0.15, -0.1) is 0 Å². The van der Waals surface area contributed by atoms with Crippen LogP contribution in [0.25, 0.3) is 0 Å². The molecule has 0 spiro atoms. The number of carbonyl (C=O) groups is 1. The first-order chi connectivity index (χ1) is 8.65. The van der Waals surface area contributed by atoms with Crippen LogP contribution in [-0.4, -0.2) is 32.3 Å². The fourth-order valence-corrected chi connectivity index (χ4v) is 1.38. The van der Waals surface area contributed by atoms with Crippen LogP contribution in [0.3, 0.4) is 0 Å². The Balaban J connectivity index is 2.35. The number of nitrogens with zero attached hydrogens (tertiary/aromatic N) is 1. The molecule has 1 N–H and O–H groups in total. The number of hydrogen-bond acceptors (Lipinski definition) is 4. The third kappa shape index (κ3) is 4.85. The van der Waals surface area contributed by atoms with Crippen LogP contribution in [0.5, 0.6) is 5.75 Å². The molecule has 1 amide bonds. The largest absolute Gasteiger partial charge is 0.484 e. The van der Waals surface area contributed by atoms with Crippen molar-refractivity contribution in [3.05, 3.63) is 29.8 Å². The van der Waals surface area contributed by atoms with Gasteiger partial charge in [-0.05, 0) is 31.2 Å².